The Kier molecular flexibility index (Phi) is 15.4. The molecule has 3 N–H and O–H groups in total. The summed E-state index contributed by atoms with van der Waals surface area (Å²) < 4.78 is 21.7. The van der Waals surface area contributed by atoms with E-state index < -0.39 is 20.7 Å². The number of hydrogen-bond acceptors (Lipinski definition) is 6. The van der Waals surface area contributed by atoms with E-state index in [1.807, 2.05) is 30.3 Å². The topological polar surface area (TPSA) is 133 Å². The SMILES string of the molecule is O=P([O-])([O-])C(NCCSCCc1ccccc1)P(=O)(O)O.[Na+].[Na+]. The summed E-state index contributed by atoms with van der Waals surface area (Å²) in [5.41, 5.74) is -1.17. The quantitative estimate of drug-likeness (QED) is 0.212. The third-order valence-corrected chi connectivity index (χ3v) is 6.91. The second-order valence-electron chi connectivity index (χ2n) is 4.30. The van der Waals surface area contributed by atoms with Gasteiger partial charge in [-0.05, 0) is 25.3 Å². The van der Waals surface area contributed by atoms with Crippen LogP contribution < -0.4 is 74.2 Å². The molecule has 1 rings (SSSR count). The zero-order valence-corrected chi connectivity index (χ0v) is 19.7. The zero-order chi connectivity index (χ0) is 15.9. The molecule has 23 heavy (non-hydrogen) atoms. The van der Waals surface area contributed by atoms with Crippen LogP contribution in [-0.2, 0) is 15.6 Å². The summed E-state index contributed by atoms with van der Waals surface area (Å²) in [6.45, 7) is 0.0315. The van der Waals surface area contributed by atoms with Crippen LogP contribution in [0.2, 0.25) is 0 Å². The predicted molar refractivity (Wildman–Crippen MR) is 78.9 cm³/mol. The van der Waals surface area contributed by atoms with Crippen LogP contribution >= 0.6 is 27.0 Å². The van der Waals surface area contributed by atoms with Crippen molar-refractivity contribution in [3.05, 3.63) is 35.9 Å². The van der Waals surface area contributed by atoms with Gasteiger partial charge in [0.2, 0.25) is 0 Å². The molecule has 0 aliphatic carbocycles. The van der Waals surface area contributed by atoms with E-state index in [1.54, 1.807) is 0 Å². The minimum atomic E-state index is -5.38. The van der Waals surface area contributed by atoms with Crippen LogP contribution in [0.1, 0.15) is 5.56 Å². The minimum Gasteiger partial charge on any atom is -0.809 e. The van der Waals surface area contributed by atoms with E-state index in [2.05, 4.69) is 5.32 Å². The van der Waals surface area contributed by atoms with Crippen molar-refractivity contribution >= 4 is 27.0 Å². The molecule has 0 heterocycles. The maximum Gasteiger partial charge on any atom is 1.00 e. The van der Waals surface area contributed by atoms with Crippen molar-refractivity contribution in [1.82, 2.24) is 5.32 Å². The average molecular weight is 399 g/mol. The summed E-state index contributed by atoms with van der Waals surface area (Å²) in [6.07, 6.45) is 0.842. The molecule has 1 atom stereocenters. The van der Waals surface area contributed by atoms with E-state index in [9.17, 15) is 18.9 Å². The molecule has 1 aromatic rings. The standard InChI is InChI=1S/C11H19NO6P2S.2Na/c13-19(14,15)11(20(16,17)18)12-7-9-21-8-6-10-4-2-1-3-5-10;;/h1-5,11-12H,6-9H2,(H2,13,14,15)(H2,16,17,18);;/q;2*+1/p-2. The van der Waals surface area contributed by atoms with E-state index in [1.165, 1.54) is 17.3 Å². The number of thioether (sulfide) groups is 1. The third kappa shape index (κ3) is 11.9. The Morgan fingerprint density at radius 1 is 1.09 bits per heavy atom. The summed E-state index contributed by atoms with van der Waals surface area (Å²) >= 11 is 1.50. The first-order valence-electron chi connectivity index (χ1n) is 6.13. The van der Waals surface area contributed by atoms with E-state index in [-0.39, 0.29) is 65.7 Å². The van der Waals surface area contributed by atoms with Gasteiger partial charge in [-0.3, -0.25) is 9.88 Å². The maximum atomic E-state index is 10.9. The Hall–Kier alpha value is 1.83. The van der Waals surface area contributed by atoms with Crippen molar-refractivity contribution in [3.8, 4) is 0 Å². The zero-order valence-electron chi connectivity index (χ0n) is 13.1. The van der Waals surface area contributed by atoms with E-state index in [4.69, 9.17) is 9.79 Å². The van der Waals surface area contributed by atoms with Gasteiger partial charge in [0, 0.05) is 12.3 Å². The fourth-order valence-corrected chi connectivity index (χ4v) is 4.65. The molecule has 1 aromatic carbocycles. The molecule has 0 aliphatic rings. The summed E-state index contributed by atoms with van der Waals surface area (Å²) in [6, 6.07) is 9.78. The van der Waals surface area contributed by atoms with Crippen LogP contribution in [0.4, 0.5) is 0 Å². The van der Waals surface area contributed by atoms with Gasteiger partial charge in [0.25, 0.3) is 0 Å². The van der Waals surface area contributed by atoms with Gasteiger partial charge in [-0.1, -0.05) is 30.3 Å². The minimum absolute atomic E-state index is 0. The number of aryl methyl sites for hydroxylation is 1. The largest absolute Gasteiger partial charge is 1.00 e. The third-order valence-electron chi connectivity index (χ3n) is 2.57. The number of nitrogens with one attached hydrogen (secondary N) is 1. The molecule has 0 fully saturated rings. The summed E-state index contributed by atoms with van der Waals surface area (Å²) in [5.74, 6) is 1.24. The van der Waals surface area contributed by atoms with Crippen LogP contribution in [0.3, 0.4) is 0 Å². The van der Waals surface area contributed by atoms with Crippen molar-refractivity contribution in [2.75, 3.05) is 18.1 Å². The fourth-order valence-electron chi connectivity index (χ4n) is 1.61. The summed E-state index contributed by atoms with van der Waals surface area (Å²) in [4.78, 5) is 39.3. The molecule has 0 saturated carbocycles. The first kappa shape index (κ1) is 27.1. The van der Waals surface area contributed by atoms with E-state index in [0.29, 0.717) is 5.75 Å². The Labute approximate surface area is 184 Å². The van der Waals surface area contributed by atoms with Crippen molar-refractivity contribution in [3.63, 3.8) is 0 Å². The number of hydrogen-bond donors (Lipinski definition) is 3. The Morgan fingerprint density at radius 2 is 1.65 bits per heavy atom. The van der Waals surface area contributed by atoms with Crippen LogP contribution in [0.25, 0.3) is 0 Å². The molecule has 0 amide bonds. The molecule has 0 saturated heterocycles. The van der Waals surface area contributed by atoms with Gasteiger partial charge >= 0.3 is 66.7 Å². The predicted octanol–water partition coefficient (Wildman–Crippen LogP) is -6.07. The van der Waals surface area contributed by atoms with Gasteiger partial charge in [-0.25, -0.2) is 0 Å². The normalized spacial score (nSPS) is 12.9. The van der Waals surface area contributed by atoms with Gasteiger partial charge in [0.15, 0.2) is 0 Å². The summed E-state index contributed by atoms with van der Waals surface area (Å²) in [7, 11) is -10.4. The first-order valence-corrected chi connectivity index (χ1v) is 10.6. The molecule has 0 aromatic heterocycles. The molecule has 7 nitrogen and oxygen atoms in total. The average Bonchev–Trinajstić information content (AvgIpc) is 2.35. The van der Waals surface area contributed by atoms with Crippen LogP contribution in [0.5, 0.6) is 0 Å². The molecule has 120 valence electrons. The Bertz CT molecular complexity index is 505. The summed E-state index contributed by atoms with van der Waals surface area (Å²) in [5, 5.41) is 2.13. The van der Waals surface area contributed by atoms with Crippen molar-refractivity contribution in [2.24, 2.45) is 0 Å². The van der Waals surface area contributed by atoms with Crippen molar-refractivity contribution in [2.45, 2.75) is 11.9 Å². The molecule has 0 radical (unpaired) electrons. The molecule has 1 unspecified atom stereocenters. The second-order valence-corrected chi connectivity index (χ2v) is 9.23. The second kappa shape index (κ2) is 13.1. The molecular formula is C11H17NNa2O6P2S. The Morgan fingerprint density at radius 3 is 2.13 bits per heavy atom. The number of benzene rings is 1. The molecule has 0 aliphatic heterocycles. The fraction of sp³-hybridized carbons (Fsp3) is 0.455. The van der Waals surface area contributed by atoms with Gasteiger partial charge in [-0.15, -0.1) is 0 Å². The molecule has 0 bridgehead atoms. The van der Waals surface area contributed by atoms with Crippen LogP contribution in [-0.4, -0.2) is 33.4 Å². The van der Waals surface area contributed by atoms with Gasteiger partial charge in [-0.2, -0.15) is 11.8 Å². The van der Waals surface area contributed by atoms with Gasteiger partial charge < -0.3 is 24.1 Å². The van der Waals surface area contributed by atoms with Crippen LogP contribution in [0, 0.1) is 0 Å². The smallest absolute Gasteiger partial charge is 0.809 e. The molecular weight excluding hydrogens is 382 g/mol. The van der Waals surface area contributed by atoms with Crippen molar-refractivity contribution in [1.29, 1.82) is 0 Å². The van der Waals surface area contributed by atoms with E-state index >= 15 is 0 Å². The first-order chi connectivity index (χ1) is 9.71. The monoisotopic (exact) mass is 399 g/mol. The number of rotatable bonds is 9. The van der Waals surface area contributed by atoms with Crippen LogP contribution in [0.15, 0.2) is 30.3 Å². The van der Waals surface area contributed by atoms with Gasteiger partial charge in [0.1, 0.15) is 5.52 Å². The van der Waals surface area contributed by atoms with E-state index in [0.717, 1.165) is 12.2 Å². The Balaban J connectivity index is 0. The maximum absolute atomic E-state index is 10.9. The molecule has 12 heteroatoms. The molecule has 0 spiro atoms. The van der Waals surface area contributed by atoms with Gasteiger partial charge in [0.05, 0.1) is 0 Å². The van der Waals surface area contributed by atoms with Crippen molar-refractivity contribution < 1.29 is 87.8 Å².